The molecule has 0 amide bonds. The molecule has 0 radical (unpaired) electrons. The summed E-state index contributed by atoms with van der Waals surface area (Å²) in [6.07, 6.45) is 13.6. The van der Waals surface area contributed by atoms with Gasteiger partial charge in [0, 0.05) is 13.8 Å². The zero-order chi connectivity index (χ0) is 20.1. The summed E-state index contributed by atoms with van der Waals surface area (Å²) in [5, 5.41) is 14.8. The Labute approximate surface area is 172 Å². The lowest BCUT2D eigenvalue weighted by atomic mass is 10.3. The Bertz CT molecular complexity index is 601. The van der Waals surface area contributed by atoms with Crippen LogP contribution in [0.3, 0.4) is 0 Å². The highest BCUT2D eigenvalue weighted by molar-refractivity contribution is 4.79. The van der Waals surface area contributed by atoms with E-state index >= 15 is 0 Å². The molecule has 2 heterocycles. The molecule has 2 rings (SSSR count). The van der Waals surface area contributed by atoms with E-state index < -0.39 is 5.09 Å². The fourth-order valence-electron chi connectivity index (χ4n) is 2.33. The molecule has 0 fully saturated rings. The molecule has 2 aromatic rings. The molecule has 0 unspecified atom stereocenters. The van der Waals surface area contributed by atoms with E-state index in [1.54, 1.807) is 0 Å². The van der Waals surface area contributed by atoms with Crippen molar-refractivity contribution in [2.24, 2.45) is 14.1 Å². The molecule has 0 aliphatic rings. The summed E-state index contributed by atoms with van der Waals surface area (Å²) in [6.45, 7) is 11.1. The van der Waals surface area contributed by atoms with Crippen LogP contribution >= 0.6 is 0 Å². The maximum atomic E-state index is 8.25. The predicted molar refractivity (Wildman–Crippen MR) is 101 cm³/mol. The quantitative estimate of drug-likeness (QED) is 0.343. The topological polar surface area (TPSA) is 83.8 Å². The normalized spacial score (nSPS) is 9.41. The number of aromatic nitrogens is 4. The van der Waals surface area contributed by atoms with E-state index in [9.17, 15) is 0 Å². The molecule has 0 aliphatic heterocycles. The summed E-state index contributed by atoms with van der Waals surface area (Å²) in [5.41, 5.74) is 0. The Hall–Kier alpha value is -1.90. The summed E-state index contributed by atoms with van der Waals surface area (Å²) in [6, 6.07) is 0. The number of imidazole rings is 2. The van der Waals surface area contributed by atoms with Crippen LogP contribution in [0.15, 0.2) is 24.8 Å². The lowest BCUT2D eigenvalue weighted by molar-refractivity contribution is -0.677. The van der Waals surface area contributed by atoms with Crippen molar-refractivity contribution in [1.82, 2.24) is 9.13 Å². The minimum Gasteiger partial charge on any atom is -1.00 e. The molecule has 0 saturated heterocycles. The van der Waals surface area contributed by atoms with Crippen molar-refractivity contribution >= 4 is 0 Å². The van der Waals surface area contributed by atoms with Gasteiger partial charge in [-0.05, 0) is 12.8 Å². The van der Waals surface area contributed by atoms with Crippen LogP contribution in [-0.4, -0.2) is 14.2 Å². The minimum atomic E-state index is -1.75. The number of rotatable bonds is 6. The average Bonchev–Trinajstić information content (AvgIpc) is 3.07. The molecule has 0 aromatic carbocycles. The molecule has 0 bridgehead atoms. The third-order valence-corrected chi connectivity index (χ3v) is 4.30. The third-order valence-electron chi connectivity index (χ3n) is 4.30. The van der Waals surface area contributed by atoms with Gasteiger partial charge in [-0.15, -0.1) is 0 Å². The molecular weight excluding hydrogens is 414 g/mol. The van der Waals surface area contributed by atoms with E-state index in [0.717, 1.165) is 13.1 Å². The lowest BCUT2D eigenvalue weighted by Gasteiger charge is -1.95. The van der Waals surface area contributed by atoms with Crippen molar-refractivity contribution in [1.29, 1.82) is 0 Å². The Kier molecular flexibility index (Phi) is 15.4. The van der Waals surface area contributed by atoms with E-state index in [1.807, 2.05) is 0 Å². The molecule has 8 nitrogen and oxygen atoms in total. The fraction of sp³-hybridized carbons (Fsp3) is 0.667. The SMILES string of the molecule is CCCCn1cc[n+](C)c1C.CCCCn1cc[n+](C)c1C.O=[N+]([O-])[O-].[Br-]. The molecule has 9 heteroatoms. The van der Waals surface area contributed by atoms with E-state index in [4.69, 9.17) is 15.3 Å². The number of halogens is 1. The van der Waals surface area contributed by atoms with Gasteiger partial charge in [-0.25, -0.2) is 18.3 Å². The molecular formula is C18H34BrN5O3. The molecule has 0 atom stereocenters. The van der Waals surface area contributed by atoms with Crippen molar-refractivity contribution in [3.05, 3.63) is 51.8 Å². The highest BCUT2D eigenvalue weighted by atomic mass is 79.9. The van der Waals surface area contributed by atoms with Gasteiger partial charge in [-0.1, -0.05) is 26.7 Å². The summed E-state index contributed by atoms with van der Waals surface area (Å²) in [4.78, 5) is 8.25. The van der Waals surface area contributed by atoms with Gasteiger partial charge in [-0.2, -0.15) is 0 Å². The van der Waals surface area contributed by atoms with Crippen LogP contribution in [0.1, 0.15) is 51.2 Å². The summed E-state index contributed by atoms with van der Waals surface area (Å²) >= 11 is 0. The molecule has 0 aliphatic carbocycles. The second-order valence-corrected chi connectivity index (χ2v) is 6.23. The zero-order valence-electron chi connectivity index (χ0n) is 17.4. The number of hydrogen-bond acceptors (Lipinski definition) is 3. The molecule has 0 saturated carbocycles. The average molecular weight is 448 g/mol. The maximum absolute atomic E-state index is 8.25. The Morgan fingerprint density at radius 1 is 0.889 bits per heavy atom. The smallest absolute Gasteiger partial charge is 0.253 e. The number of unbranched alkanes of at least 4 members (excludes halogenated alkanes) is 2. The Balaban J connectivity index is 0. The third kappa shape index (κ3) is 11.4. The van der Waals surface area contributed by atoms with Crippen molar-refractivity contribution in [3.8, 4) is 0 Å². The second kappa shape index (κ2) is 15.2. The van der Waals surface area contributed by atoms with Crippen molar-refractivity contribution < 1.29 is 31.2 Å². The molecule has 27 heavy (non-hydrogen) atoms. The van der Waals surface area contributed by atoms with Gasteiger partial charge in [0.25, 0.3) is 11.6 Å². The van der Waals surface area contributed by atoms with Crippen LogP contribution in [0.4, 0.5) is 0 Å². The maximum Gasteiger partial charge on any atom is 0.253 e. The van der Waals surface area contributed by atoms with Crippen LogP contribution in [0.5, 0.6) is 0 Å². The van der Waals surface area contributed by atoms with Gasteiger partial charge in [0.2, 0.25) is 0 Å². The van der Waals surface area contributed by atoms with Gasteiger partial charge in [-0.3, -0.25) is 0 Å². The van der Waals surface area contributed by atoms with Crippen LogP contribution in [0.25, 0.3) is 0 Å². The number of hydrogen-bond donors (Lipinski definition) is 0. The minimum absolute atomic E-state index is 0. The van der Waals surface area contributed by atoms with E-state index in [0.29, 0.717) is 0 Å². The first kappa shape index (κ1) is 27.3. The summed E-state index contributed by atoms with van der Waals surface area (Å²) < 4.78 is 8.89. The Morgan fingerprint density at radius 2 is 1.19 bits per heavy atom. The first-order chi connectivity index (χ1) is 12.2. The molecule has 2 aromatic heterocycles. The highest BCUT2D eigenvalue weighted by Gasteiger charge is 2.07. The van der Waals surface area contributed by atoms with Gasteiger partial charge in [0.1, 0.15) is 24.8 Å². The van der Waals surface area contributed by atoms with Crippen molar-refractivity contribution in [2.45, 2.75) is 66.5 Å². The van der Waals surface area contributed by atoms with Gasteiger partial charge in [0.15, 0.2) is 0 Å². The van der Waals surface area contributed by atoms with Crippen LogP contribution in [0, 0.1) is 29.2 Å². The number of nitrogens with zero attached hydrogens (tertiary/aromatic N) is 5. The van der Waals surface area contributed by atoms with Gasteiger partial charge < -0.3 is 32.3 Å². The van der Waals surface area contributed by atoms with E-state index in [1.165, 1.54) is 37.3 Å². The van der Waals surface area contributed by atoms with Crippen LogP contribution in [-0.2, 0) is 27.2 Å². The first-order valence-corrected chi connectivity index (χ1v) is 9.08. The van der Waals surface area contributed by atoms with E-state index in [2.05, 4.69) is 84.8 Å². The zero-order valence-corrected chi connectivity index (χ0v) is 19.0. The molecule has 0 spiro atoms. The van der Waals surface area contributed by atoms with Crippen molar-refractivity contribution in [2.75, 3.05) is 0 Å². The van der Waals surface area contributed by atoms with Gasteiger partial charge in [0.05, 0.1) is 32.3 Å². The molecule has 0 N–H and O–H groups in total. The predicted octanol–water partition coefficient (Wildman–Crippen LogP) is -0.393. The van der Waals surface area contributed by atoms with E-state index in [-0.39, 0.29) is 17.0 Å². The first-order valence-electron chi connectivity index (χ1n) is 9.08. The summed E-state index contributed by atoms with van der Waals surface area (Å²) in [5.74, 6) is 2.66. The summed E-state index contributed by atoms with van der Waals surface area (Å²) in [7, 11) is 4.16. The largest absolute Gasteiger partial charge is 1.00 e. The Morgan fingerprint density at radius 3 is 1.37 bits per heavy atom. The van der Waals surface area contributed by atoms with Gasteiger partial charge >= 0.3 is 0 Å². The van der Waals surface area contributed by atoms with Crippen LogP contribution in [0.2, 0.25) is 0 Å². The fourth-order valence-corrected chi connectivity index (χ4v) is 2.33. The number of aryl methyl sites for hydroxylation is 4. The standard InChI is InChI=1S/2C9H17N2.BrH.NO3/c2*1-4-5-6-11-8-7-10(3)9(11)2;;2-1(3)4/h2*7-8H,4-6H2,1-3H3;1H;/q2*+1;;-1/p-1. The second-order valence-electron chi connectivity index (χ2n) is 6.23. The monoisotopic (exact) mass is 447 g/mol. The van der Waals surface area contributed by atoms with Crippen LogP contribution < -0.4 is 26.1 Å². The molecule has 156 valence electrons. The lowest BCUT2D eigenvalue weighted by Crippen LogP contribution is -3.00. The highest BCUT2D eigenvalue weighted by Crippen LogP contribution is 1.97. The van der Waals surface area contributed by atoms with Crippen molar-refractivity contribution in [3.63, 3.8) is 0 Å².